The third-order valence-corrected chi connectivity index (χ3v) is 8.85. The van der Waals surface area contributed by atoms with Crippen molar-refractivity contribution >= 4 is 38.2 Å². The number of piperidine rings is 1. The van der Waals surface area contributed by atoms with Crippen molar-refractivity contribution in [1.29, 1.82) is 0 Å². The van der Waals surface area contributed by atoms with Crippen LogP contribution in [0.5, 0.6) is 17.2 Å². The number of nitrogens with zero attached hydrogens (tertiary/aromatic N) is 3. The van der Waals surface area contributed by atoms with Gasteiger partial charge >= 0.3 is 6.18 Å². The number of hydrogen-bond donors (Lipinski definition) is 2. The molecule has 4 aromatic rings. The normalized spacial score (nSPS) is 15.1. The van der Waals surface area contributed by atoms with Gasteiger partial charge in [-0.3, -0.25) is 19.4 Å². The van der Waals surface area contributed by atoms with Crippen LogP contribution >= 0.6 is 0 Å². The maximum atomic E-state index is 13.7. The van der Waals surface area contributed by atoms with Crippen molar-refractivity contribution in [2.75, 3.05) is 36.5 Å². The van der Waals surface area contributed by atoms with Crippen LogP contribution in [-0.4, -0.2) is 60.8 Å². The molecule has 252 valence electrons. The molecule has 1 saturated heterocycles. The highest BCUT2D eigenvalue weighted by molar-refractivity contribution is 7.92. The zero-order valence-electron chi connectivity index (χ0n) is 27.0. The van der Waals surface area contributed by atoms with Gasteiger partial charge in [0, 0.05) is 41.8 Å². The molecule has 0 unspecified atom stereocenters. The van der Waals surface area contributed by atoms with E-state index in [0.29, 0.717) is 40.5 Å². The van der Waals surface area contributed by atoms with Crippen molar-refractivity contribution in [2.24, 2.45) is 7.05 Å². The number of carbonyl (C=O) groups excluding carboxylic acids is 1. The summed E-state index contributed by atoms with van der Waals surface area (Å²) in [5.41, 5.74) is -0.232. The molecule has 1 aliphatic heterocycles. The Morgan fingerprint density at radius 3 is 2.32 bits per heavy atom. The molecule has 14 heteroatoms. The molecule has 2 aromatic heterocycles. The number of para-hydroxylation sites is 1. The molecule has 3 heterocycles. The highest BCUT2D eigenvalue weighted by atomic mass is 32.2. The van der Waals surface area contributed by atoms with Gasteiger partial charge in [0.05, 0.1) is 35.8 Å². The highest BCUT2D eigenvalue weighted by Gasteiger charge is 2.34. The molecule has 0 saturated carbocycles. The molecule has 0 radical (unpaired) electrons. The van der Waals surface area contributed by atoms with Crippen molar-refractivity contribution in [3.05, 3.63) is 71.7 Å². The number of sulfonamides is 1. The van der Waals surface area contributed by atoms with Crippen molar-refractivity contribution in [2.45, 2.75) is 51.2 Å². The van der Waals surface area contributed by atoms with E-state index in [9.17, 15) is 26.4 Å². The van der Waals surface area contributed by atoms with E-state index in [4.69, 9.17) is 9.47 Å². The quantitative estimate of drug-likeness (QED) is 0.207. The first-order chi connectivity index (χ1) is 21.9. The number of amides is 1. The SMILES string of the molecule is COc1c(NC(=O)c2cc3cccc(Oc4ccnc(C5CCN(C(C)(C)C)CC5)c4)c3n2C)cc(C(F)(F)F)cc1NS(C)(=O)=O. The second kappa shape index (κ2) is 12.7. The molecule has 1 amide bonds. The Kier molecular flexibility index (Phi) is 9.21. The minimum Gasteiger partial charge on any atom is -0.492 e. The van der Waals surface area contributed by atoms with Crippen molar-refractivity contribution in [3.8, 4) is 17.2 Å². The fraction of sp³-hybridized carbons (Fsp3) is 0.394. The summed E-state index contributed by atoms with van der Waals surface area (Å²) in [5, 5.41) is 3.13. The predicted octanol–water partition coefficient (Wildman–Crippen LogP) is 6.99. The van der Waals surface area contributed by atoms with Crippen LogP contribution in [0.3, 0.4) is 0 Å². The van der Waals surface area contributed by atoms with Crippen LogP contribution in [0.4, 0.5) is 24.5 Å². The molecule has 2 aromatic carbocycles. The minimum absolute atomic E-state index is 0.115. The van der Waals surface area contributed by atoms with Crippen molar-refractivity contribution in [3.63, 3.8) is 0 Å². The smallest absolute Gasteiger partial charge is 0.416 e. The summed E-state index contributed by atoms with van der Waals surface area (Å²) in [6.07, 6.45) is -0.338. The van der Waals surface area contributed by atoms with Gasteiger partial charge in [-0.2, -0.15) is 13.2 Å². The van der Waals surface area contributed by atoms with E-state index in [1.54, 1.807) is 48.1 Å². The number of anilines is 2. The Labute approximate surface area is 271 Å². The standard InChI is InChI=1S/C33H38F3N5O5S/c1-32(2,3)41-14-11-20(12-15-41)24-19-23(10-13-37-24)46-28-9-7-8-21-16-27(40(4)29(21)28)31(42)38-25-17-22(33(34,35)36)18-26(30(25)45-5)39-47(6,43)44/h7-10,13,16-20,39H,11-12,14-15H2,1-6H3,(H,38,42). The number of alkyl halides is 3. The van der Waals surface area contributed by atoms with Crippen LogP contribution < -0.4 is 19.5 Å². The lowest BCUT2D eigenvalue weighted by Crippen LogP contribution is -2.45. The summed E-state index contributed by atoms with van der Waals surface area (Å²) in [5.74, 6) is 0.342. The minimum atomic E-state index is -4.83. The van der Waals surface area contributed by atoms with Crippen molar-refractivity contribution in [1.82, 2.24) is 14.5 Å². The Hall–Kier alpha value is -4.30. The largest absolute Gasteiger partial charge is 0.492 e. The van der Waals surface area contributed by atoms with E-state index >= 15 is 0 Å². The fourth-order valence-corrected chi connectivity index (χ4v) is 6.49. The lowest BCUT2D eigenvalue weighted by molar-refractivity contribution is -0.137. The number of ether oxygens (including phenoxy) is 2. The van der Waals surface area contributed by atoms with E-state index in [-0.39, 0.29) is 22.7 Å². The monoisotopic (exact) mass is 673 g/mol. The maximum absolute atomic E-state index is 13.7. The van der Waals surface area contributed by atoms with Gasteiger partial charge in [-0.05, 0) is 77.0 Å². The number of fused-ring (bicyclic) bond motifs is 1. The van der Waals surface area contributed by atoms with E-state index in [2.05, 4.69) is 36.0 Å². The first-order valence-electron chi connectivity index (χ1n) is 15.0. The first-order valence-corrected chi connectivity index (χ1v) is 16.9. The van der Waals surface area contributed by atoms with Crippen LogP contribution in [0.25, 0.3) is 10.9 Å². The van der Waals surface area contributed by atoms with Crippen LogP contribution in [0, 0.1) is 0 Å². The Balaban J connectivity index is 1.43. The zero-order chi connectivity index (χ0) is 34.3. The van der Waals surface area contributed by atoms with Gasteiger partial charge in [-0.1, -0.05) is 12.1 Å². The van der Waals surface area contributed by atoms with Gasteiger partial charge in [0.25, 0.3) is 5.91 Å². The molecular formula is C33H38F3N5O5S. The van der Waals surface area contributed by atoms with E-state index in [1.807, 2.05) is 10.8 Å². The number of hydrogen-bond acceptors (Lipinski definition) is 7. The molecule has 0 atom stereocenters. The fourth-order valence-electron chi connectivity index (χ4n) is 5.93. The third kappa shape index (κ3) is 7.65. The van der Waals surface area contributed by atoms with Gasteiger partial charge in [0.2, 0.25) is 10.0 Å². The topological polar surface area (TPSA) is 115 Å². The summed E-state index contributed by atoms with van der Waals surface area (Å²) in [7, 11) is -1.17. The molecule has 1 aliphatic rings. The number of methoxy groups -OCH3 is 1. The average Bonchev–Trinajstić information content (AvgIpc) is 3.33. The Morgan fingerprint density at radius 1 is 1.02 bits per heavy atom. The van der Waals surface area contributed by atoms with Gasteiger partial charge in [0.15, 0.2) is 11.5 Å². The third-order valence-electron chi connectivity index (χ3n) is 8.26. The summed E-state index contributed by atoms with van der Waals surface area (Å²) < 4.78 is 80.1. The zero-order valence-corrected chi connectivity index (χ0v) is 27.8. The molecule has 0 spiro atoms. The highest BCUT2D eigenvalue weighted by Crippen LogP contribution is 2.42. The molecule has 47 heavy (non-hydrogen) atoms. The van der Waals surface area contributed by atoms with Crippen LogP contribution in [0.1, 0.15) is 61.3 Å². The van der Waals surface area contributed by atoms with Crippen LogP contribution in [-0.2, 0) is 23.2 Å². The average molecular weight is 674 g/mol. The number of benzene rings is 2. The molecular weight excluding hydrogens is 635 g/mol. The number of aromatic nitrogens is 2. The van der Waals surface area contributed by atoms with E-state index in [1.165, 1.54) is 0 Å². The molecule has 0 bridgehead atoms. The van der Waals surface area contributed by atoms with Gasteiger partial charge in [-0.15, -0.1) is 0 Å². The summed E-state index contributed by atoms with van der Waals surface area (Å²) in [6, 6.07) is 11.9. The number of aryl methyl sites for hydroxylation is 1. The number of halogens is 3. The number of pyridine rings is 1. The van der Waals surface area contributed by atoms with E-state index in [0.717, 1.165) is 45.0 Å². The Bertz CT molecular complexity index is 1910. The number of carbonyl (C=O) groups is 1. The second-order valence-corrected chi connectivity index (χ2v) is 14.4. The number of nitrogens with one attached hydrogen (secondary N) is 2. The van der Waals surface area contributed by atoms with Gasteiger partial charge < -0.3 is 19.4 Å². The lowest BCUT2D eigenvalue weighted by atomic mass is 9.90. The molecule has 10 nitrogen and oxygen atoms in total. The number of rotatable bonds is 8. The second-order valence-electron chi connectivity index (χ2n) is 12.7. The van der Waals surface area contributed by atoms with E-state index < -0.39 is 33.4 Å². The van der Waals surface area contributed by atoms with Gasteiger partial charge in [-0.25, -0.2) is 8.42 Å². The van der Waals surface area contributed by atoms with Crippen molar-refractivity contribution < 1.29 is 35.9 Å². The molecule has 5 rings (SSSR count). The van der Waals surface area contributed by atoms with Crippen LogP contribution in [0.2, 0.25) is 0 Å². The summed E-state index contributed by atoms with van der Waals surface area (Å²) in [4.78, 5) is 20.6. The summed E-state index contributed by atoms with van der Waals surface area (Å²) >= 11 is 0. The Morgan fingerprint density at radius 2 is 1.70 bits per heavy atom. The predicted molar refractivity (Wildman–Crippen MR) is 175 cm³/mol. The molecule has 1 fully saturated rings. The molecule has 2 N–H and O–H groups in total. The van der Waals surface area contributed by atoms with Crippen LogP contribution in [0.15, 0.2) is 54.7 Å². The molecule has 0 aliphatic carbocycles. The maximum Gasteiger partial charge on any atom is 0.416 e. The lowest BCUT2D eigenvalue weighted by Gasteiger charge is -2.40. The van der Waals surface area contributed by atoms with Gasteiger partial charge in [0.1, 0.15) is 11.4 Å². The number of likely N-dealkylation sites (tertiary alicyclic amines) is 1. The first kappa shape index (κ1) is 34.0. The summed E-state index contributed by atoms with van der Waals surface area (Å²) in [6.45, 7) is 8.62.